The van der Waals surface area contributed by atoms with Gasteiger partial charge in [0, 0.05) is 5.02 Å². The second kappa shape index (κ2) is 5.20. The third-order valence-electron chi connectivity index (χ3n) is 2.10. The number of carbonyl (C=O) groups is 2. The molecule has 18 heavy (non-hydrogen) atoms. The van der Waals surface area contributed by atoms with Gasteiger partial charge in [-0.05, 0) is 29.6 Å². The highest BCUT2D eigenvalue weighted by atomic mass is 35.5. The zero-order chi connectivity index (χ0) is 13.1. The van der Waals surface area contributed by atoms with E-state index in [1.807, 2.05) is 0 Å². The molecule has 0 saturated heterocycles. The second-order valence-electron chi connectivity index (χ2n) is 3.31. The summed E-state index contributed by atoms with van der Waals surface area (Å²) in [5.41, 5.74) is -0.146. The number of aromatic carboxylic acids is 1. The zero-order valence-corrected chi connectivity index (χ0v) is 10.5. The van der Waals surface area contributed by atoms with Crippen LogP contribution < -0.4 is 4.74 Å². The highest BCUT2D eigenvalue weighted by molar-refractivity contribution is 7.12. The summed E-state index contributed by atoms with van der Waals surface area (Å²) in [6.45, 7) is 0. The van der Waals surface area contributed by atoms with Gasteiger partial charge in [-0.25, -0.2) is 9.59 Å². The highest BCUT2D eigenvalue weighted by Crippen LogP contribution is 2.24. The molecule has 0 atom stereocenters. The van der Waals surface area contributed by atoms with Crippen LogP contribution in [0.25, 0.3) is 0 Å². The van der Waals surface area contributed by atoms with Gasteiger partial charge in [0.25, 0.3) is 0 Å². The Kier molecular flexibility index (Phi) is 3.64. The Morgan fingerprint density at radius 2 is 2.06 bits per heavy atom. The third-order valence-corrected chi connectivity index (χ3v) is 3.18. The minimum Gasteiger partial charge on any atom is -0.478 e. The standard InChI is InChI=1S/C12H7ClO4S/c13-7-3-4-9(8(6-7)11(14)15)17-12(16)10-2-1-5-18-10/h1-6H,(H,14,15). The van der Waals surface area contributed by atoms with Crippen LogP contribution in [0, 0.1) is 0 Å². The van der Waals surface area contributed by atoms with Gasteiger partial charge in [0.05, 0.1) is 0 Å². The van der Waals surface area contributed by atoms with Crippen molar-refractivity contribution in [3.05, 3.63) is 51.2 Å². The number of ether oxygens (including phenoxy) is 1. The SMILES string of the molecule is O=C(Oc1ccc(Cl)cc1C(=O)O)c1cccs1. The highest BCUT2D eigenvalue weighted by Gasteiger charge is 2.16. The van der Waals surface area contributed by atoms with Gasteiger partial charge >= 0.3 is 11.9 Å². The van der Waals surface area contributed by atoms with Crippen LogP contribution in [0.15, 0.2) is 35.7 Å². The Morgan fingerprint density at radius 3 is 2.67 bits per heavy atom. The fourth-order valence-corrected chi connectivity index (χ4v) is 2.07. The van der Waals surface area contributed by atoms with Gasteiger partial charge in [0.2, 0.25) is 0 Å². The largest absolute Gasteiger partial charge is 0.478 e. The lowest BCUT2D eigenvalue weighted by Gasteiger charge is -2.06. The predicted octanol–water partition coefficient (Wildman–Crippen LogP) is 3.32. The molecule has 4 nitrogen and oxygen atoms in total. The smallest absolute Gasteiger partial charge is 0.353 e. The average Bonchev–Trinajstić information content (AvgIpc) is 2.84. The number of rotatable bonds is 3. The van der Waals surface area contributed by atoms with Crippen LogP contribution in [0.4, 0.5) is 0 Å². The Balaban J connectivity index is 2.29. The zero-order valence-electron chi connectivity index (χ0n) is 8.92. The van der Waals surface area contributed by atoms with E-state index in [9.17, 15) is 9.59 Å². The molecule has 0 amide bonds. The van der Waals surface area contributed by atoms with Crippen molar-refractivity contribution in [3.8, 4) is 5.75 Å². The molecular weight excluding hydrogens is 276 g/mol. The molecule has 0 spiro atoms. The number of esters is 1. The topological polar surface area (TPSA) is 63.6 Å². The summed E-state index contributed by atoms with van der Waals surface area (Å²) in [5, 5.41) is 11.0. The molecule has 0 aliphatic heterocycles. The summed E-state index contributed by atoms with van der Waals surface area (Å²) in [6, 6.07) is 7.37. The summed E-state index contributed by atoms with van der Waals surface area (Å²) < 4.78 is 5.04. The minimum absolute atomic E-state index is 0.0229. The fraction of sp³-hybridized carbons (Fsp3) is 0. The predicted molar refractivity (Wildman–Crippen MR) is 67.7 cm³/mol. The maximum Gasteiger partial charge on any atom is 0.353 e. The molecule has 0 unspecified atom stereocenters. The van der Waals surface area contributed by atoms with E-state index in [2.05, 4.69) is 0 Å². The first kappa shape index (κ1) is 12.6. The van der Waals surface area contributed by atoms with E-state index in [1.165, 1.54) is 29.5 Å². The van der Waals surface area contributed by atoms with Crippen molar-refractivity contribution in [2.45, 2.75) is 0 Å². The Labute approximate surface area is 111 Å². The molecule has 1 aromatic carbocycles. The van der Waals surface area contributed by atoms with Crippen LogP contribution in [0.2, 0.25) is 5.02 Å². The number of hydrogen-bond donors (Lipinski definition) is 1. The average molecular weight is 283 g/mol. The lowest BCUT2D eigenvalue weighted by Crippen LogP contribution is -2.10. The van der Waals surface area contributed by atoms with Crippen molar-refractivity contribution < 1.29 is 19.4 Å². The van der Waals surface area contributed by atoms with Crippen molar-refractivity contribution in [2.75, 3.05) is 0 Å². The van der Waals surface area contributed by atoms with Crippen molar-refractivity contribution >= 4 is 34.9 Å². The van der Waals surface area contributed by atoms with Crippen LogP contribution in [-0.4, -0.2) is 17.0 Å². The second-order valence-corrected chi connectivity index (χ2v) is 4.70. The molecular formula is C12H7ClO4S. The van der Waals surface area contributed by atoms with Gasteiger partial charge in [-0.1, -0.05) is 17.7 Å². The number of hydrogen-bond acceptors (Lipinski definition) is 4. The number of halogens is 1. The molecule has 0 bridgehead atoms. The van der Waals surface area contributed by atoms with Crippen molar-refractivity contribution in [1.29, 1.82) is 0 Å². The fourth-order valence-electron chi connectivity index (χ4n) is 1.30. The van der Waals surface area contributed by atoms with Crippen molar-refractivity contribution in [3.63, 3.8) is 0 Å². The van der Waals surface area contributed by atoms with E-state index in [0.717, 1.165) is 0 Å². The molecule has 0 fully saturated rings. The van der Waals surface area contributed by atoms with E-state index in [1.54, 1.807) is 17.5 Å². The molecule has 6 heteroatoms. The van der Waals surface area contributed by atoms with Crippen LogP contribution in [0.1, 0.15) is 20.0 Å². The Hall–Kier alpha value is -1.85. The monoisotopic (exact) mass is 282 g/mol. The van der Waals surface area contributed by atoms with Gasteiger partial charge in [-0.3, -0.25) is 0 Å². The van der Waals surface area contributed by atoms with Gasteiger partial charge in [-0.15, -0.1) is 11.3 Å². The van der Waals surface area contributed by atoms with Gasteiger partial charge in [0.1, 0.15) is 16.2 Å². The molecule has 2 aromatic rings. The number of benzene rings is 1. The molecule has 1 heterocycles. The molecule has 1 N–H and O–H groups in total. The third kappa shape index (κ3) is 2.69. The molecule has 2 rings (SSSR count). The number of carboxylic acids is 1. The Bertz CT molecular complexity index is 592. The van der Waals surface area contributed by atoms with Crippen LogP contribution in [0.3, 0.4) is 0 Å². The summed E-state index contributed by atoms with van der Waals surface area (Å²) in [5.74, 6) is -1.81. The molecule has 0 aliphatic rings. The quantitative estimate of drug-likeness (QED) is 0.693. The van der Waals surface area contributed by atoms with Crippen LogP contribution >= 0.6 is 22.9 Å². The van der Waals surface area contributed by atoms with Crippen LogP contribution in [-0.2, 0) is 0 Å². The summed E-state index contributed by atoms with van der Waals surface area (Å²) >= 11 is 6.91. The van der Waals surface area contributed by atoms with E-state index >= 15 is 0 Å². The van der Waals surface area contributed by atoms with E-state index in [0.29, 0.717) is 4.88 Å². The lowest BCUT2D eigenvalue weighted by molar-refractivity contribution is 0.0682. The number of carboxylic acid groups (broad SMARTS) is 1. The van der Waals surface area contributed by atoms with Crippen molar-refractivity contribution in [1.82, 2.24) is 0 Å². The van der Waals surface area contributed by atoms with E-state index in [-0.39, 0.29) is 16.3 Å². The maximum absolute atomic E-state index is 11.7. The van der Waals surface area contributed by atoms with Gasteiger partial charge in [-0.2, -0.15) is 0 Å². The first-order chi connectivity index (χ1) is 8.58. The van der Waals surface area contributed by atoms with Crippen LogP contribution in [0.5, 0.6) is 5.75 Å². The van der Waals surface area contributed by atoms with E-state index in [4.69, 9.17) is 21.4 Å². The number of thiophene rings is 1. The van der Waals surface area contributed by atoms with Gasteiger partial charge in [0.15, 0.2) is 0 Å². The molecule has 92 valence electrons. The maximum atomic E-state index is 11.7. The molecule has 0 saturated carbocycles. The molecule has 0 radical (unpaired) electrons. The number of carbonyl (C=O) groups excluding carboxylic acids is 1. The first-order valence-corrected chi connectivity index (χ1v) is 6.12. The van der Waals surface area contributed by atoms with E-state index < -0.39 is 11.9 Å². The summed E-state index contributed by atoms with van der Waals surface area (Å²) in [6.07, 6.45) is 0. The van der Waals surface area contributed by atoms with Crippen molar-refractivity contribution in [2.24, 2.45) is 0 Å². The summed E-state index contributed by atoms with van der Waals surface area (Å²) in [7, 11) is 0. The normalized spacial score (nSPS) is 10.1. The minimum atomic E-state index is -1.20. The summed E-state index contributed by atoms with van der Waals surface area (Å²) in [4.78, 5) is 23.1. The first-order valence-electron chi connectivity index (χ1n) is 4.86. The lowest BCUT2D eigenvalue weighted by atomic mass is 10.2. The molecule has 1 aromatic heterocycles. The molecule has 0 aliphatic carbocycles. The Morgan fingerprint density at radius 1 is 1.28 bits per heavy atom. The van der Waals surface area contributed by atoms with Gasteiger partial charge < -0.3 is 9.84 Å².